The van der Waals surface area contributed by atoms with Crippen molar-refractivity contribution in [2.24, 2.45) is 0 Å². The lowest BCUT2D eigenvalue weighted by Crippen LogP contribution is -2.23. The first-order chi connectivity index (χ1) is 11.7. The molecular weight excluding hydrogens is 305 g/mol. The Bertz CT molecular complexity index is 712. The summed E-state index contributed by atoms with van der Waals surface area (Å²) in [7, 11) is 0. The van der Waals surface area contributed by atoms with Crippen LogP contribution in [-0.2, 0) is 0 Å². The number of carbonyl (C=O) groups excluding carboxylic acids is 1. The zero-order valence-electron chi connectivity index (χ0n) is 13.6. The van der Waals surface area contributed by atoms with Gasteiger partial charge in [-0.3, -0.25) is 4.79 Å². The molecule has 0 unspecified atom stereocenters. The maximum absolute atomic E-state index is 12.8. The molecule has 0 fully saturated rings. The van der Waals surface area contributed by atoms with Crippen LogP contribution in [0, 0.1) is 17.7 Å². The summed E-state index contributed by atoms with van der Waals surface area (Å²) in [5, 5.41) is 2.72. The van der Waals surface area contributed by atoms with Gasteiger partial charge in [-0.2, -0.15) is 0 Å². The molecule has 0 bridgehead atoms. The summed E-state index contributed by atoms with van der Waals surface area (Å²) in [5.74, 6) is 5.98. The van der Waals surface area contributed by atoms with E-state index >= 15 is 0 Å². The number of benzene rings is 2. The van der Waals surface area contributed by atoms with E-state index < -0.39 is 0 Å². The van der Waals surface area contributed by atoms with Crippen LogP contribution >= 0.6 is 0 Å². The van der Waals surface area contributed by atoms with Crippen molar-refractivity contribution in [3.05, 3.63) is 65.5 Å². The molecule has 1 amide bonds. The van der Waals surface area contributed by atoms with E-state index in [4.69, 9.17) is 4.74 Å². The van der Waals surface area contributed by atoms with Crippen LogP contribution in [0.25, 0.3) is 0 Å². The van der Waals surface area contributed by atoms with E-state index in [0.29, 0.717) is 17.7 Å². The van der Waals surface area contributed by atoms with E-state index in [-0.39, 0.29) is 18.3 Å². The second-order valence-corrected chi connectivity index (χ2v) is 5.22. The minimum atomic E-state index is -0.295. The Morgan fingerprint density at radius 2 is 1.83 bits per heavy atom. The Hall–Kier alpha value is -2.80. The Kier molecular flexibility index (Phi) is 6.85. The average molecular weight is 325 g/mol. The zero-order chi connectivity index (χ0) is 17.2. The molecule has 1 N–H and O–H groups in total. The van der Waals surface area contributed by atoms with Crippen LogP contribution in [0.1, 0.15) is 35.7 Å². The van der Waals surface area contributed by atoms with Crippen molar-refractivity contribution in [3.8, 4) is 17.6 Å². The van der Waals surface area contributed by atoms with Gasteiger partial charge in [0.1, 0.15) is 11.6 Å². The van der Waals surface area contributed by atoms with Crippen LogP contribution < -0.4 is 10.1 Å². The van der Waals surface area contributed by atoms with Crippen LogP contribution in [0.2, 0.25) is 0 Å². The maximum Gasteiger partial charge on any atom is 0.252 e. The zero-order valence-corrected chi connectivity index (χ0v) is 13.6. The van der Waals surface area contributed by atoms with E-state index in [1.165, 1.54) is 12.1 Å². The molecule has 0 saturated heterocycles. The van der Waals surface area contributed by atoms with Gasteiger partial charge in [0.25, 0.3) is 5.91 Å². The smallest absolute Gasteiger partial charge is 0.252 e. The number of nitrogens with one attached hydrogen (secondary N) is 1. The van der Waals surface area contributed by atoms with Gasteiger partial charge in [-0.25, -0.2) is 4.39 Å². The summed E-state index contributed by atoms with van der Waals surface area (Å²) < 4.78 is 18.3. The Balaban J connectivity index is 1.81. The van der Waals surface area contributed by atoms with Gasteiger partial charge in [0.2, 0.25) is 0 Å². The fourth-order valence-electron chi connectivity index (χ4n) is 1.94. The first-order valence-corrected chi connectivity index (χ1v) is 7.94. The number of hydrogen-bond donors (Lipinski definition) is 1. The molecular formula is C20H20FNO2. The highest BCUT2D eigenvalue weighted by molar-refractivity contribution is 5.94. The molecule has 2 rings (SSSR count). The van der Waals surface area contributed by atoms with Gasteiger partial charge in [0.15, 0.2) is 0 Å². The van der Waals surface area contributed by atoms with Gasteiger partial charge in [-0.15, -0.1) is 0 Å². The van der Waals surface area contributed by atoms with Crippen molar-refractivity contribution in [2.75, 3.05) is 13.2 Å². The predicted molar refractivity (Wildman–Crippen MR) is 92.5 cm³/mol. The summed E-state index contributed by atoms with van der Waals surface area (Å²) in [6.07, 6.45) is 2.09. The van der Waals surface area contributed by atoms with Crippen molar-refractivity contribution >= 4 is 5.91 Å². The number of carbonyl (C=O) groups is 1. The molecule has 0 aliphatic heterocycles. The van der Waals surface area contributed by atoms with Crippen LogP contribution in [0.15, 0.2) is 48.5 Å². The van der Waals surface area contributed by atoms with Gasteiger partial charge >= 0.3 is 0 Å². The van der Waals surface area contributed by atoms with Crippen molar-refractivity contribution in [1.82, 2.24) is 5.32 Å². The Morgan fingerprint density at radius 3 is 2.50 bits per heavy atom. The molecule has 0 saturated carbocycles. The maximum atomic E-state index is 12.8. The number of unbranched alkanes of at least 4 members (excludes halogenated alkanes) is 1. The highest BCUT2D eigenvalue weighted by Crippen LogP contribution is 2.12. The normalized spacial score (nSPS) is 9.75. The number of ether oxygens (including phenoxy) is 1. The Morgan fingerprint density at radius 1 is 1.12 bits per heavy atom. The molecule has 0 radical (unpaired) electrons. The molecule has 2 aromatic carbocycles. The highest BCUT2D eigenvalue weighted by atomic mass is 19.1. The lowest BCUT2D eigenvalue weighted by atomic mass is 10.2. The first kappa shape index (κ1) is 17.6. The molecule has 0 spiro atoms. The number of hydrogen-bond acceptors (Lipinski definition) is 2. The third-order valence-electron chi connectivity index (χ3n) is 3.30. The fraction of sp³-hybridized carbons (Fsp3) is 0.250. The standard InChI is InChI=1S/C20H20FNO2/c1-2-3-15-24-19-12-8-17(9-13-19)20(23)22-14-4-5-16-6-10-18(21)11-7-16/h6-13H,2-3,14-15H2,1H3,(H,22,23). The second kappa shape index (κ2) is 9.36. The number of amides is 1. The van der Waals surface area contributed by atoms with Crippen LogP contribution in [0.3, 0.4) is 0 Å². The van der Waals surface area contributed by atoms with E-state index in [0.717, 1.165) is 18.6 Å². The summed E-state index contributed by atoms with van der Waals surface area (Å²) in [4.78, 5) is 12.0. The SMILES string of the molecule is CCCCOc1ccc(C(=O)NCC#Cc2ccc(F)cc2)cc1. The average Bonchev–Trinajstić information content (AvgIpc) is 2.61. The summed E-state index contributed by atoms with van der Waals surface area (Å²) >= 11 is 0. The van der Waals surface area contributed by atoms with E-state index in [1.54, 1.807) is 36.4 Å². The molecule has 0 heterocycles. The third kappa shape index (κ3) is 5.77. The van der Waals surface area contributed by atoms with E-state index in [9.17, 15) is 9.18 Å². The van der Waals surface area contributed by atoms with Crippen molar-refractivity contribution in [1.29, 1.82) is 0 Å². The molecule has 2 aromatic rings. The van der Waals surface area contributed by atoms with Gasteiger partial charge in [0.05, 0.1) is 13.2 Å². The first-order valence-electron chi connectivity index (χ1n) is 7.94. The molecule has 4 heteroatoms. The van der Waals surface area contributed by atoms with Gasteiger partial charge in [0, 0.05) is 11.1 Å². The summed E-state index contributed by atoms with van der Waals surface area (Å²) in [6.45, 7) is 3.02. The minimum absolute atomic E-state index is 0.191. The molecule has 0 atom stereocenters. The largest absolute Gasteiger partial charge is 0.494 e. The number of rotatable bonds is 6. The summed E-state index contributed by atoms with van der Waals surface area (Å²) in [6, 6.07) is 12.9. The van der Waals surface area contributed by atoms with Crippen molar-refractivity contribution in [3.63, 3.8) is 0 Å². The fourth-order valence-corrected chi connectivity index (χ4v) is 1.94. The predicted octanol–water partition coefficient (Wildman–Crippen LogP) is 3.79. The lowest BCUT2D eigenvalue weighted by Gasteiger charge is -2.06. The second-order valence-electron chi connectivity index (χ2n) is 5.22. The molecule has 0 aliphatic rings. The molecule has 3 nitrogen and oxygen atoms in total. The quantitative estimate of drug-likeness (QED) is 0.648. The van der Waals surface area contributed by atoms with Crippen LogP contribution in [-0.4, -0.2) is 19.1 Å². The Labute approximate surface area is 141 Å². The number of halogens is 1. The minimum Gasteiger partial charge on any atom is -0.494 e. The van der Waals surface area contributed by atoms with Crippen molar-refractivity contribution in [2.45, 2.75) is 19.8 Å². The molecule has 0 aliphatic carbocycles. The molecule has 0 aromatic heterocycles. The third-order valence-corrected chi connectivity index (χ3v) is 3.30. The lowest BCUT2D eigenvalue weighted by molar-refractivity contribution is 0.0958. The van der Waals surface area contributed by atoms with Gasteiger partial charge in [-0.1, -0.05) is 25.2 Å². The van der Waals surface area contributed by atoms with E-state index in [1.807, 2.05) is 0 Å². The van der Waals surface area contributed by atoms with Gasteiger partial charge < -0.3 is 10.1 Å². The monoisotopic (exact) mass is 325 g/mol. The topological polar surface area (TPSA) is 38.3 Å². The van der Waals surface area contributed by atoms with E-state index in [2.05, 4.69) is 24.1 Å². The molecule has 124 valence electrons. The molecule has 24 heavy (non-hydrogen) atoms. The van der Waals surface area contributed by atoms with Crippen LogP contribution in [0.5, 0.6) is 5.75 Å². The summed E-state index contributed by atoms with van der Waals surface area (Å²) in [5.41, 5.74) is 1.26. The highest BCUT2D eigenvalue weighted by Gasteiger charge is 2.04. The van der Waals surface area contributed by atoms with Crippen LogP contribution in [0.4, 0.5) is 4.39 Å². The van der Waals surface area contributed by atoms with Gasteiger partial charge in [-0.05, 0) is 55.0 Å². The van der Waals surface area contributed by atoms with Crippen molar-refractivity contribution < 1.29 is 13.9 Å².